The highest BCUT2D eigenvalue weighted by atomic mass is 16.5. The molecule has 1 saturated heterocycles. The van der Waals surface area contributed by atoms with Crippen LogP contribution in [0.1, 0.15) is 5.56 Å². The topological polar surface area (TPSA) is 92.0 Å². The lowest BCUT2D eigenvalue weighted by atomic mass is 10.1. The van der Waals surface area contributed by atoms with E-state index in [0.29, 0.717) is 5.82 Å². The number of carbonyl (C=O) groups excluding carboxylic acids is 1. The van der Waals surface area contributed by atoms with E-state index in [-0.39, 0.29) is 5.78 Å². The summed E-state index contributed by atoms with van der Waals surface area (Å²) in [5.74, 6) is 0.337. The molecular weight excluding hydrogens is 430 g/mol. The molecule has 0 aliphatic carbocycles. The van der Waals surface area contributed by atoms with Gasteiger partial charge in [-0.05, 0) is 35.9 Å². The second kappa shape index (κ2) is 9.86. The largest absolute Gasteiger partial charge is 0.388 e. The number of ether oxygens (including phenoxy) is 1. The Hall–Kier alpha value is -4.01. The normalized spacial score (nSPS) is 14.1. The monoisotopic (exact) mass is 455 g/mol. The minimum atomic E-state index is -0.491. The maximum absolute atomic E-state index is 11.3. The number of carbonyl (C=O) groups is 1. The van der Waals surface area contributed by atoms with E-state index in [1.807, 2.05) is 53.2 Å². The van der Waals surface area contributed by atoms with E-state index < -0.39 is 6.61 Å². The van der Waals surface area contributed by atoms with Gasteiger partial charge in [-0.15, -0.1) is 0 Å². The lowest BCUT2D eigenvalue weighted by molar-refractivity contribution is -0.117. The zero-order chi connectivity index (χ0) is 23.3. The number of aliphatic hydroxyl groups is 1. The summed E-state index contributed by atoms with van der Waals surface area (Å²) in [5.41, 5.74) is 5.44. The van der Waals surface area contributed by atoms with Gasteiger partial charge in [-0.2, -0.15) is 0 Å². The predicted octanol–water partition coefficient (Wildman–Crippen LogP) is 3.55. The van der Waals surface area contributed by atoms with Crippen molar-refractivity contribution in [2.24, 2.45) is 0 Å². The number of aromatic nitrogens is 3. The third-order valence-corrected chi connectivity index (χ3v) is 5.70. The number of aliphatic hydroxyl groups excluding tert-OH is 1. The van der Waals surface area contributed by atoms with Crippen molar-refractivity contribution < 1.29 is 14.6 Å². The minimum Gasteiger partial charge on any atom is -0.388 e. The summed E-state index contributed by atoms with van der Waals surface area (Å²) in [6.45, 7) is 2.82. The Kier molecular flexibility index (Phi) is 6.33. The first-order chi connectivity index (χ1) is 16.7. The van der Waals surface area contributed by atoms with Crippen molar-refractivity contribution in [2.45, 2.75) is 0 Å². The smallest absolute Gasteiger partial charge is 0.181 e. The standard InChI is InChI=1S/C26H25N5O3/c32-18-23(33)10-3-19-1-4-20(5-2-19)24-17-31-12-11-27-26(31)25(29-24)28-21-6-8-22(9-7-21)30-13-15-34-16-14-30/h1-12,17,32H,13-16,18H2,(H,28,29)/b10-3+. The Morgan fingerprint density at radius 3 is 2.59 bits per heavy atom. The average molecular weight is 456 g/mol. The van der Waals surface area contributed by atoms with Gasteiger partial charge in [0.25, 0.3) is 0 Å². The maximum atomic E-state index is 11.3. The van der Waals surface area contributed by atoms with Crippen molar-refractivity contribution in [1.29, 1.82) is 0 Å². The molecular formula is C26H25N5O3. The summed E-state index contributed by atoms with van der Waals surface area (Å²) in [7, 11) is 0. The van der Waals surface area contributed by atoms with Crippen LogP contribution in [0.3, 0.4) is 0 Å². The number of morpholine rings is 1. The summed E-state index contributed by atoms with van der Waals surface area (Å²) in [5, 5.41) is 12.3. The molecule has 3 heterocycles. The number of imidazole rings is 1. The van der Waals surface area contributed by atoms with Crippen molar-refractivity contribution in [3.05, 3.63) is 78.8 Å². The molecule has 172 valence electrons. The highest BCUT2D eigenvalue weighted by Gasteiger charge is 2.12. The van der Waals surface area contributed by atoms with Gasteiger partial charge in [-0.1, -0.05) is 30.3 Å². The molecule has 1 aliphatic heterocycles. The van der Waals surface area contributed by atoms with Crippen molar-refractivity contribution >= 4 is 34.7 Å². The van der Waals surface area contributed by atoms with Gasteiger partial charge in [0.1, 0.15) is 6.61 Å². The highest BCUT2D eigenvalue weighted by Crippen LogP contribution is 2.26. The van der Waals surface area contributed by atoms with Crippen LogP contribution < -0.4 is 10.2 Å². The van der Waals surface area contributed by atoms with E-state index in [9.17, 15) is 4.79 Å². The molecule has 0 bridgehead atoms. The van der Waals surface area contributed by atoms with Crippen LogP contribution in [0.4, 0.5) is 17.2 Å². The number of hydrogen-bond acceptors (Lipinski definition) is 7. The van der Waals surface area contributed by atoms with Crippen LogP contribution in [-0.2, 0) is 9.53 Å². The van der Waals surface area contributed by atoms with Crippen LogP contribution in [-0.4, -0.2) is 58.2 Å². The van der Waals surface area contributed by atoms with Gasteiger partial charge < -0.3 is 24.5 Å². The summed E-state index contributed by atoms with van der Waals surface area (Å²) in [6.07, 6.45) is 8.64. The fraction of sp³-hybridized carbons (Fsp3) is 0.192. The third kappa shape index (κ3) is 4.83. The third-order valence-electron chi connectivity index (χ3n) is 5.70. The lowest BCUT2D eigenvalue weighted by Crippen LogP contribution is -2.36. The molecule has 0 unspecified atom stereocenters. The van der Waals surface area contributed by atoms with Gasteiger partial charge >= 0.3 is 0 Å². The van der Waals surface area contributed by atoms with E-state index in [1.54, 1.807) is 12.3 Å². The predicted molar refractivity (Wildman–Crippen MR) is 132 cm³/mol. The molecule has 2 aromatic heterocycles. The Balaban J connectivity index is 1.39. The molecule has 0 spiro atoms. The number of fused-ring (bicyclic) bond motifs is 1. The van der Waals surface area contributed by atoms with Crippen LogP contribution in [0.2, 0.25) is 0 Å². The first-order valence-corrected chi connectivity index (χ1v) is 11.2. The number of nitrogens with zero attached hydrogens (tertiary/aromatic N) is 4. The first kappa shape index (κ1) is 21.8. The summed E-state index contributed by atoms with van der Waals surface area (Å²) < 4.78 is 7.39. The van der Waals surface area contributed by atoms with E-state index in [0.717, 1.165) is 54.5 Å². The Bertz CT molecular complexity index is 1310. The van der Waals surface area contributed by atoms with Crippen LogP contribution in [0, 0.1) is 0 Å². The number of hydrogen-bond donors (Lipinski definition) is 2. The molecule has 2 N–H and O–H groups in total. The van der Waals surface area contributed by atoms with Gasteiger partial charge in [0.2, 0.25) is 0 Å². The number of rotatable bonds is 7. The second-order valence-electron chi connectivity index (χ2n) is 7.98. The molecule has 4 aromatic rings. The van der Waals surface area contributed by atoms with Crippen molar-refractivity contribution in [3.8, 4) is 11.3 Å². The molecule has 0 atom stereocenters. The molecule has 34 heavy (non-hydrogen) atoms. The summed E-state index contributed by atoms with van der Waals surface area (Å²) >= 11 is 0. The van der Waals surface area contributed by atoms with Gasteiger partial charge in [0.05, 0.1) is 18.9 Å². The van der Waals surface area contributed by atoms with Crippen LogP contribution in [0.5, 0.6) is 0 Å². The summed E-state index contributed by atoms with van der Waals surface area (Å²) in [6, 6.07) is 16.0. The Morgan fingerprint density at radius 1 is 1.09 bits per heavy atom. The SMILES string of the molecule is O=C(/C=C/c1ccc(-c2cn3ccnc3c(Nc3ccc(N4CCOCC4)cc3)n2)cc1)CO. The van der Waals surface area contributed by atoms with Crippen LogP contribution in [0.25, 0.3) is 23.0 Å². The van der Waals surface area contributed by atoms with Gasteiger partial charge in [-0.25, -0.2) is 9.97 Å². The van der Waals surface area contributed by atoms with Gasteiger partial charge in [0, 0.05) is 48.6 Å². The molecule has 8 nitrogen and oxygen atoms in total. The van der Waals surface area contributed by atoms with Crippen molar-refractivity contribution in [2.75, 3.05) is 43.1 Å². The maximum Gasteiger partial charge on any atom is 0.181 e. The zero-order valence-electron chi connectivity index (χ0n) is 18.6. The minimum absolute atomic E-state index is 0.329. The molecule has 0 amide bonds. The lowest BCUT2D eigenvalue weighted by Gasteiger charge is -2.28. The van der Waals surface area contributed by atoms with Crippen LogP contribution >= 0.6 is 0 Å². The fourth-order valence-corrected chi connectivity index (χ4v) is 3.88. The quantitative estimate of drug-likeness (QED) is 0.412. The molecule has 2 aromatic carbocycles. The number of benzene rings is 2. The molecule has 5 rings (SSSR count). The van der Waals surface area contributed by atoms with Gasteiger partial charge in [-0.3, -0.25) is 4.79 Å². The molecule has 8 heteroatoms. The van der Waals surface area contributed by atoms with E-state index in [2.05, 4.69) is 27.3 Å². The number of anilines is 3. The molecule has 0 saturated carbocycles. The zero-order valence-corrected chi connectivity index (χ0v) is 18.6. The van der Waals surface area contributed by atoms with Crippen LogP contribution in [0.15, 0.2) is 73.2 Å². The van der Waals surface area contributed by atoms with Crippen molar-refractivity contribution in [1.82, 2.24) is 14.4 Å². The average Bonchev–Trinajstić information content (AvgIpc) is 3.38. The molecule has 1 aliphatic rings. The van der Waals surface area contributed by atoms with E-state index in [1.165, 1.54) is 11.8 Å². The van der Waals surface area contributed by atoms with E-state index in [4.69, 9.17) is 14.8 Å². The highest BCUT2D eigenvalue weighted by molar-refractivity contribution is 5.94. The number of ketones is 1. The van der Waals surface area contributed by atoms with Gasteiger partial charge in [0.15, 0.2) is 17.2 Å². The first-order valence-electron chi connectivity index (χ1n) is 11.2. The second-order valence-corrected chi connectivity index (χ2v) is 7.98. The molecule has 0 radical (unpaired) electrons. The fourth-order valence-electron chi connectivity index (χ4n) is 3.88. The van der Waals surface area contributed by atoms with E-state index >= 15 is 0 Å². The Labute approximate surface area is 197 Å². The summed E-state index contributed by atoms with van der Waals surface area (Å²) in [4.78, 5) is 22.9. The number of nitrogens with one attached hydrogen (secondary N) is 1. The Morgan fingerprint density at radius 2 is 1.85 bits per heavy atom. The van der Waals surface area contributed by atoms with Crippen molar-refractivity contribution in [3.63, 3.8) is 0 Å². The molecule has 1 fully saturated rings.